The van der Waals surface area contributed by atoms with Gasteiger partial charge in [-0.2, -0.15) is 0 Å². The molecule has 0 fully saturated rings. The van der Waals surface area contributed by atoms with E-state index >= 15 is 0 Å². The van der Waals surface area contributed by atoms with Crippen molar-refractivity contribution in [1.29, 1.82) is 0 Å². The van der Waals surface area contributed by atoms with Crippen LogP contribution in [-0.2, 0) is 11.3 Å². The maximum atomic E-state index is 12.1. The molecule has 0 saturated carbocycles. The van der Waals surface area contributed by atoms with E-state index in [2.05, 4.69) is 4.98 Å². The molecule has 0 aliphatic carbocycles. The fourth-order valence-corrected chi connectivity index (χ4v) is 3.07. The van der Waals surface area contributed by atoms with Gasteiger partial charge in [0.2, 0.25) is 0 Å². The van der Waals surface area contributed by atoms with Crippen LogP contribution in [0.2, 0.25) is 0 Å². The molecule has 0 radical (unpaired) electrons. The van der Waals surface area contributed by atoms with Crippen molar-refractivity contribution < 1.29 is 14.3 Å². The lowest BCUT2D eigenvalue weighted by atomic mass is 10.1. The molecular formula is C19H17NO3S. The Balaban J connectivity index is 1.66. The Morgan fingerprint density at radius 3 is 2.58 bits per heavy atom. The molecule has 3 rings (SSSR count). The van der Waals surface area contributed by atoms with Gasteiger partial charge >= 0.3 is 5.97 Å². The third kappa shape index (κ3) is 3.63. The molecule has 5 heteroatoms. The molecule has 0 atom stereocenters. The molecule has 24 heavy (non-hydrogen) atoms. The minimum absolute atomic E-state index is 0.166. The lowest BCUT2D eigenvalue weighted by molar-refractivity contribution is 0.0467. The number of methoxy groups -OCH3 is 1. The number of carbonyl (C=O) groups is 1. The summed E-state index contributed by atoms with van der Waals surface area (Å²) in [6, 6.07) is 15.1. The minimum Gasteiger partial charge on any atom is -0.497 e. The molecule has 1 heterocycles. The second-order valence-electron chi connectivity index (χ2n) is 5.26. The average Bonchev–Trinajstić information content (AvgIpc) is 3.09. The lowest BCUT2D eigenvalue weighted by Gasteiger charge is -2.05. The SMILES string of the molecule is COc1ccc(-c2nc(COC(=O)c3ccccc3C)cs2)cc1. The highest BCUT2D eigenvalue weighted by atomic mass is 32.1. The second kappa shape index (κ2) is 7.27. The summed E-state index contributed by atoms with van der Waals surface area (Å²) in [6.07, 6.45) is 0. The quantitative estimate of drug-likeness (QED) is 0.643. The largest absolute Gasteiger partial charge is 0.497 e. The Hall–Kier alpha value is -2.66. The normalized spacial score (nSPS) is 10.4. The molecular weight excluding hydrogens is 322 g/mol. The number of benzene rings is 2. The topological polar surface area (TPSA) is 48.4 Å². The summed E-state index contributed by atoms with van der Waals surface area (Å²) in [6.45, 7) is 2.06. The van der Waals surface area contributed by atoms with Crippen LogP contribution in [0.3, 0.4) is 0 Å². The van der Waals surface area contributed by atoms with E-state index in [-0.39, 0.29) is 12.6 Å². The van der Waals surface area contributed by atoms with E-state index in [1.165, 1.54) is 11.3 Å². The zero-order valence-corrected chi connectivity index (χ0v) is 14.3. The molecule has 0 unspecified atom stereocenters. The van der Waals surface area contributed by atoms with Crippen molar-refractivity contribution in [3.63, 3.8) is 0 Å². The molecule has 0 saturated heterocycles. The molecule has 1 aromatic heterocycles. The number of esters is 1. The van der Waals surface area contributed by atoms with E-state index in [1.54, 1.807) is 13.2 Å². The molecule has 122 valence electrons. The number of rotatable bonds is 5. The van der Waals surface area contributed by atoms with Crippen LogP contribution in [-0.4, -0.2) is 18.1 Å². The predicted octanol–water partition coefficient (Wildman–Crippen LogP) is 4.48. The van der Waals surface area contributed by atoms with Crippen LogP contribution < -0.4 is 4.74 Å². The van der Waals surface area contributed by atoms with Crippen LogP contribution in [0, 0.1) is 6.92 Å². The maximum Gasteiger partial charge on any atom is 0.338 e. The van der Waals surface area contributed by atoms with Crippen LogP contribution in [0.1, 0.15) is 21.6 Å². The van der Waals surface area contributed by atoms with E-state index in [0.29, 0.717) is 5.56 Å². The Kier molecular flexibility index (Phi) is 4.91. The number of aromatic nitrogens is 1. The summed E-state index contributed by atoms with van der Waals surface area (Å²) >= 11 is 1.52. The zero-order valence-electron chi connectivity index (χ0n) is 13.5. The van der Waals surface area contributed by atoms with Gasteiger partial charge in [-0.25, -0.2) is 9.78 Å². The van der Waals surface area contributed by atoms with Crippen LogP contribution in [0.5, 0.6) is 5.75 Å². The molecule has 0 aliphatic heterocycles. The fraction of sp³-hybridized carbons (Fsp3) is 0.158. The monoisotopic (exact) mass is 339 g/mol. The van der Waals surface area contributed by atoms with Crippen molar-refractivity contribution in [2.45, 2.75) is 13.5 Å². The zero-order chi connectivity index (χ0) is 16.9. The van der Waals surface area contributed by atoms with Crippen LogP contribution >= 0.6 is 11.3 Å². The highest BCUT2D eigenvalue weighted by Crippen LogP contribution is 2.26. The maximum absolute atomic E-state index is 12.1. The molecule has 0 bridgehead atoms. The van der Waals surface area contributed by atoms with Gasteiger partial charge in [-0.05, 0) is 42.8 Å². The van der Waals surface area contributed by atoms with Gasteiger partial charge in [0.1, 0.15) is 17.4 Å². The molecule has 0 spiro atoms. The van der Waals surface area contributed by atoms with Gasteiger partial charge in [-0.1, -0.05) is 18.2 Å². The number of thiazole rings is 1. The first-order chi connectivity index (χ1) is 11.7. The van der Waals surface area contributed by atoms with Crippen molar-refractivity contribution in [1.82, 2.24) is 4.98 Å². The number of nitrogens with zero attached hydrogens (tertiary/aromatic N) is 1. The van der Waals surface area contributed by atoms with Gasteiger partial charge in [0.05, 0.1) is 18.4 Å². The highest BCUT2D eigenvalue weighted by molar-refractivity contribution is 7.13. The minimum atomic E-state index is -0.327. The number of aryl methyl sites for hydroxylation is 1. The van der Waals surface area contributed by atoms with Gasteiger partial charge < -0.3 is 9.47 Å². The average molecular weight is 339 g/mol. The summed E-state index contributed by atoms with van der Waals surface area (Å²) in [5, 5.41) is 2.80. The van der Waals surface area contributed by atoms with Crippen molar-refractivity contribution in [3.8, 4) is 16.3 Å². The van der Waals surface area contributed by atoms with Crippen LogP contribution in [0.15, 0.2) is 53.9 Å². The number of ether oxygens (including phenoxy) is 2. The highest BCUT2D eigenvalue weighted by Gasteiger charge is 2.11. The van der Waals surface area contributed by atoms with E-state index in [0.717, 1.165) is 27.6 Å². The summed E-state index contributed by atoms with van der Waals surface area (Å²) in [5.74, 6) is 0.481. The van der Waals surface area contributed by atoms with Gasteiger partial charge in [0.25, 0.3) is 0 Å². The number of carbonyl (C=O) groups excluding carboxylic acids is 1. The Morgan fingerprint density at radius 1 is 1.12 bits per heavy atom. The lowest BCUT2D eigenvalue weighted by Crippen LogP contribution is -2.07. The van der Waals surface area contributed by atoms with E-state index in [1.807, 2.05) is 54.8 Å². The van der Waals surface area contributed by atoms with Crippen molar-refractivity contribution in [2.24, 2.45) is 0 Å². The van der Waals surface area contributed by atoms with E-state index in [9.17, 15) is 4.79 Å². The van der Waals surface area contributed by atoms with Gasteiger partial charge in [-0.15, -0.1) is 11.3 Å². The summed E-state index contributed by atoms with van der Waals surface area (Å²) in [4.78, 5) is 16.7. The van der Waals surface area contributed by atoms with Gasteiger partial charge in [0, 0.05) is 10.9 Å². The summed E-state index contributed by atoms with van der Waals surface area (Å²) in [5.41, 5.74) is 3.24. The fourth-order valence-electron chi connectivity index (χ4n) is 2.26. The van der Waals surface area contributed by atoms with Crippen molar-refractivity contribution >= 4 is 17.3 Å². The Bertz CT molecular complexity index is 840. The van der Waals surface area contributed by atoms with E-state index < -0.39 is 0 Å². The Labute approximate surface area is 144 Å². The molecule has 2 aromatic carbocycles. The first kappa shape index (κ1) is 16.2. The first-order valence-corrected chi connectivity index (χ1v) is 8.37. The third-order valence-corrected chi connectivity index (χ3v) is 4.55. The van der Waals surface area contributed by atoms with E-state index in [4.69, 9.17) is 9.47 Å². The third-order valence-electron chi connectivity index (χ3n) is 3.60. The van der Waals surface area contributed by atoms with Crippen molar-refractivity contribution in [3.05, 3.63) is 70.7 Å². The molecule has 0 amide bonds. The molecule has 0 N–H and O–H groups in total. The van der Waals surface area contributed by atoms with Gasteiger partial charge in [0.15, 0.2) is 0 Å². The van der Waals surface area contributed by atoms with Crippen LogP contribution in [0.25, 0.3) is 10.6 Å². The molecule has 4 nitrogen and oxygen atoms in total. The van der Waals surface area contributed by atoms with Crippen molar-refractivity contribution in [2.75, 3.05) is 7.11 Å². The summed E-state index contributed by atoms with van der Waals surface area (Å²) in [7, 11) is 1.64. The smallest absolute Gasteiger partial charge is 0.338 e. The first-order valence-electron chi connectivity index (χ1n) is 7.49. The summed E-state index contributed by atoms with van der Waals surface area (Å²) < 4.78 is 10.5. The standard InChI is InChI=1S/C19H17NO3S/c1-13-5-3-4-6-17(13)19(21)23-11-15-12-24-18(20-15)14-7-9-16(22-2)10-8-14/h3-10,12H,11H2,1-2H3. The van der Waals surface area contributed by atoms with Gasteiger partial charge in [-0.3, -0.25) is 0 Å². The second-order valence-corrected chi connectivity index (χ2v) is 6.12. The molecule has 3 aromatic rings. The van der Waals surface area contributed by atoms with Crippen LogP contribution in [0.4, 0.5) is 0 Å². The molecule has 0 aliphatic rings. The number of hydrogen-bond donors (Lipinski definition) is 0. The predicted molar refractivity (Wildman–Crippen MR) is 94.4 cm³/mol. The number of hydrogen-bond acceptors (Lipinski definition) is 5. The Morgan fingerprint density at radius 2 is 1.88 bits per heavy atom.